The number of nitrogens with two attached hydrogens (primary N) is 1. The normalized spacial score (nSPS) is 11.4. The molecule has 0 aliphatic rings. The van der Waals surface area contributed by atoms with Crippen LogP contribution in [-0.2, 0) is 6.54 Å². The van der Waals surface area contributed by atoms with Crippen molar-refractivity contribution in [2.75, 3.05) is 5.73 Å². The summed E-state index contributed by atoms with van der Waals surface area (Å²) in [4.78, 5) is 4.66. The maximum absolute atomic E-state index is 13.9. The molecule has 0 atom stereocenters. The van der Waals surface area contributed by atoms with Gasteiger partial charge >= 0.3 is 0 Å². The van der Waals surface area contributed by atoms with E-state index in [1.165, 1.54) is 6.07 Å². The SMILES string of the molecule is CC(C)c1nc2cc(N)ccc2n1Cc1ccccc1F. The van der Waals surface area contributed by atoms with E-state index >= 15 is 0 Å². The van der Waals surface area contributed by atoms with Gasteiger partial charge in [-0.25, -0.2) is 9.37 Å². The molecule has 21 heavy (non-hydrogen) atoms. The zero-order chi connectivity index (χ0) is 15.0. The molecule has 0 radical (unpaired) electrons. The smallest absolute Gasteiger partial charge is 0.128 e. The molecule has 0 bridgehead atoms. The summed E-state index contributed by atoms with van der Waals surface area (Å²) in [6.45, 7) is 4.64. The fourth-order valence-electron chi connectivity index (χ4n) is 2.57. The molecule has 2 N–H and O–H groups in total. The molecule has 0 saturated carbocycles. The van der Waals surface area contributed by atoms with E-state index in [4.69, 9.17) is 5.73 Å². The maximum atomic E-state index is 13.9. The zero-order valence-corrected chi connectivity index (χ0v) is 12.2. The standard InChI is InChI=1S/C17H18FN3/c1-11(2)17-20-15-9-13(19)7-8-16(15)21(17)10-12-5-3-4-6-14(12)18/h3-9,11H,10,19H2,1-2H3. The van der Waals surface area contributed by atoms with Gasteiger partial charge in [0.05, 0.1) is 17.6 Å². The Morgan fingerprint density at radius 2 is 1.95 bits per heavy atom. The highest BCUT2D eigenvalue weighted by Gasteiger charge is 2.15. The summed E-state index contributed by atoms with van der Waals surface area (Å²) in [6, 6.07) is 12.5. The molecule has 0 spiro atoms. The Kier molecular flexibility index (Phi) is 3.37. The third-order valence-corrected chi connectivity index (χ3v) is 3.60. The molecule has 2 aromatic carbocycles. The number of fused-ring (bicyclic) bond motifs is 1. The van der Waals surface area contributed by atoms with Crippen LogP contribution in [0.1, 0.15) is 31.2 Å². The predicted octanol–water partition coefficient (Wildman–Crippen LogP) is 3.93. The van der Waals surface area contributed by atoms with Crippen LogP contribution in [0.15, 0.2) is 42.5 Å². The summed E-state index contributed by atoms with van der Waals surface area (Å²) in [6.07, 6.45) is 0. The number of nitrogen functional groups attached to an aromatic ring is 1. The number of hydrogen-bond acceptors (Lipinski definition) is 2. The third kappa shape index (κ3) is 2.49. The summed E-state index contributed by atoms with van der Waals surface area (Å²) >= 11 is 0. The molecule has 3 aromatic rings. The van der Waals surface area contributed by atoms with Gasteiger partial charge in [0.25, 0.3) is 0 Å². The average molecular weight is 283 g/mol. The number of halogens is 1. The van der Waals surface area contributed by atoms with Gasteiger partial charge < -0.3 is 10.3 Å². The van der Waals surface area contributed by atoms with E-state index in [9.17, 15) is 4.39 Å². The molecule has 1 heterocycles. The van der Waals surface area contributed by atoms with Crippen molar-refractivity contribution in [3.8, 4) is 0 Å². The van der Waals surface area contributed by atoms with E-state index in [-0.39, 0.29) is 11.7 Å². The number of anilines is 1. The van der Waals surface area contributed by atoms with Gasteiger partial charge in [-0.05, 0) is 24.3 Å². The third-order valence-electron chi connectivity index (χ3n) is 3.60. The van der Waals surface area contributed by atoms with Gasteiger partial charge in [0.1, 0.15) is 11.6 Å². The number of aromatic nitrogens is 2. The summed E-state index contributed by atoms with van der Waals surface area (Å²) in [5, 5.41) is 0. The molecule has 0 aliphatic carbocycles. The Labute approximate surface area is 123 Å². The van der Waals surface area contributed by atoms with Crippen LogP contribution >= 0.6 is 0 Å². The fourth-order valence-corrected chi connectivity index (χ4v) is 2.57. The molecule has 1 aromatic heterocycles. The molecule has 0 unspecified atom stereocenters. The van der Waals surface area contributed by atoms with Crippen molar-refractivity contribution in [3.63, 3.8) is 0 Å². The Morgan fingerprint density at radius 3 is 2.67 bits per heavy atom. The van der Waals surface area contributed by atoms with Crippen LogP contribution in [0.3, 0.4) is 0 Å². The second-order valence-electron chi connectivity index (χ2n) is 5.55. The first-order chi connectivity index (χ1) is 10.1. The number of rotatable bonds is 3. The van der Waals surface area contributed by atoms with Crippen molar-refractivity contribution in [3.05, 3.63) is 59.7 Å². The van der Waals surface area contributed by atoms with E-state index < -0.39 is 0 Å². The lowest BCUT2D eigenvalue weighted by atomic mass is 10.1. The van der Waals surface area contributed by atoms with Crippen LogP contribution in [0.25, 0.3) is 11.0 Å². The number of hydrogen-bond donors (Lipinski definition) is 1. The van der Waals surface area contributed by atoms with Gasteiger partial charge in [-0.3, -0.25) is 0 Å². The number of imidazole rings is 1. The van der Waals surface area contributed by atoms with Crippen molar-refractivity contribution in [2.24, 2.45) is 0 Å². The van der Waals surface area contributed by atoms with Gasteiger partial charge in [-0.2, -0.15) is 0 Å². The first-order valence-corrected chi connectivity index (χ1v) is 7.05. The van der Waals surface area contributed by atoms with E-state index in [1.807, 2.05) is 30.3 Å². The Balaban J connectivity index is 2.16. The minimum Gasteiger partial charge on any atom is -0.399 e. The Hall–Kier alpha value is -2.36. The minimum absolute atomic E-state index is 0.190. The predicted molar refractivity (Wildman–Crippen MR) is 83.7 cm³/mol. The summed E-state index contributed by atoms with van der Waals surface area (Å²) in [7, 11) is 0. The topological polar surface area (TPSA) is 43.8 Å². The Bertz CT molecular complexity index is 790. The molecule has 0 amide bonds. The molecule has 3 rings (SSSR count). The zero-order valence-electron chi connectivity index (χ0n) is 12.2. The lowest BCUT2D eigenvalue weighted by Gasteiger charge is -2.12. The van der Waals surface area contributed by atoms with Crippen LogP contribution in [0.5, 0.6) is 0 Å². The molecular formula is C17H18FN3. The number of benzene rings is 2. The number of nitrogens with zero attached hydrogens (tertiary/aromatic N) is 2. The largest absolute Gasteiger partial charge is 0.399 e. The van der Waals surface area contributed by atoms with Gasteiger partial charge in [0.15, 0.2) is 0 Å². The van der Waals surface area contributed by atoms with Gasteiger partial charge in [0, 0.05) is 17.2 Å². The minimum atomic E-state index is -0.190. The molecule has 0 fully saturated rings. The van der Waals surface area contributed by atoms with Gasteiger partial charge in [-0.15, -0.1) is 0 Å². The van der Waals surface area contributed by atoms with Crippen molar-refractivity contribution in [1.29, 1.82) is 0 Å². The van der Waals surface area contributed by atoms with Crippen molar-refractivity contribution >= 4 is 16.7 Å². The van der Waals surface area contributed by atoms with E-state index in [0.717, 1.165) is 16.9 Å². The van der Waals surface area contributed by atoms with Crippen LogP contribution in [0, 0.1) is 5.82 Å². The first kappa shape index (κ1) is 13.6. The lowest BCUT2D eigenvalue weighted by Crippen LogP contribution is -2.07. The van der Waals surface area contributed by atoms with E-state index in [1.54, 1.807) is 6.07 Å². The molecule has 108 valence electrons. The lowest BCUT2D eigenvalue weighted by molar-refractivity contribution is 0.592. The Morgan fingerprint density at radius 1 is 1.19 bits per heavy atom. The highest BCUT2D eigenvalue weighted by molar-refractivity contribution is 5.79. The van der Waals surface area contributed by atoms with Crippen LogP contribution < -0.4 is 5.73 Å². The van der Waals surface area contributed by atoms with Crippen molar-refractivity contribution in [2.45, 2.75) is 26.3 Å². The monoisotopic (exact) mass is 283 g/mol. The summed E-state index contributed by atoms with van der Waals surface area (Å²) in [5.74, 6) is 1.01. The summed E-state index contributed by atoms with van der Waals surface area (Å²) < 4.78 is 16.0. The average Bonchev–Trinajstić information content (AvgIpc) is 2.79. The molecular weight excluding hydrogens is 265 g/mol. The van der Waals surface area contributed by atoms with Crippen molar-refractivity contribution < 1.29 is 4.39 Å². The maximum Gasteiger partial charge on any atom is 0.128 e. The van der Waals surface area contributed by atoms with Crippen molar-refractivity contribution in [1.82, 2.24) is 9.55 Å². The molecule has 0 aliphatic heterocycles. The molecule has 4 heteroatoms. The molecule has 0 saturated heterocycles. The first-order valence-electron chi connectivity index (χ1n) is 7.05. The van der Waals surface area contributed by atoms with Gasteiger partial charge in [-0.1, -0.05) is 32.0 Å². The van der Waals surface area contributed by atoms with E-state index in [0.29, 0.717) is 17.8 Å². The second-order valence-corrected chi connectivity index (χ2v) is 5.55. The van der Waals surface area contributed by atoms with Crippen LogP contribution in [0.4, 0.5) is 10.1 Å². The quantitative estimate of drug-likeness (QED) is 0.740. The molecule has 3 nitrogen and oxygen atoms in total. The van der Waals surface area contributed by atoms with Crippen LogP contribution in [-0.4, -0.2) is 9.55 Å². The van der Waals surface area contributed by atoms with E-state index in [2.05, 4.69) is 23.4 Å². The van der Waals surface area contributed by atoms with Crippen LogP contribution in [0.2, 0.25) is 0 Å². The highest BCUT2D eigenvalue weighted by atomic mass is 19.1. The summed E-state index contributed by atoms with van der Waals surface area (Å²) in [5.41, 5.74) is 9.02. The highest BCUT2D eigenvalue weighted by Crippen LogP contribution is 2.25. The second kappa shape index (κ2) is 5.20. The fraction of sp³-hybridized carbons (Fsp3) is 0.235. The van der Waals surface area contributed by atoms with Gasteiger partial charge in [0.2, 0.25) is 0 Å².